The Balaban J connectivity index is 1.99. The molecule has 134 valence electrons. The van der Waals surface area contributed by atoms with Crippen LogP contribution in [0.5, 0.6) is 0 Å². The average Bonchev–Trinajstić information content (AvgIpc) is 3.12. The third kappa shape index (κ3) is 3.12. The van der Waals surface area contributed by atoms with Crippen LogP contribution >= 0.6 is 0 Å². The number of hydrogen-bond acceptors (Lipinski definition) is 4. The molecule has 27 heavy (non-hydrogen) atoms. The largest absolute Gasteiger partial charge is 0.272 e. The molecule has 0 aliphatic heterocycles. The van der Waals surface area contributed by atoms with E-state index in [4.69, 9.17) is 0 Å². The highest BCUT2D eigenvalue weighted by molar-refractivity contribution is 5.98. The lowest BCUT2D eigenvalue weighted by atomic mass is 9.96. The van der Waals surface area contributed by atoms with Crippen molar-refractivity contribution in [2.45, 2.75) is 20.8 Å². The van der Waals surface area contributed by atoms with E-state index < -0.39 is 5.41 Å². The fourth-order valence-electron chi connectivity index (χ4n) is 3.07. The summed E-state index contributed by atoms with van der Waals surface area (Å²) in [6, 6.07) is 13.8. The topological polar surface area (TPSA) is 60.7 Å². The molecular formula is C22H20N4O. The number of carbonyl (C=O) groups excluding carboxylic acids is 1. The van der Waals surface area contributed by atoms with Gasteiger partial charge in [0, 0.05) is 46.7 Å². The van der Waals surface area contributed by atoms with E-state index in [1.165, 1.54) is 4.68 Å². The number of nitrogens with zero attached hydrogens (tertiary/aromatic N) is 4. The standard InChI is InChI=1S/C22H20N4O/c1-22(2,3)21(27)26-14-18(20(25-26)15-7-6-11-23-13-15)16-10-12-24-19-9-5-4-8-17(16)19/h4-14H,1-3H3. The first-order valence-corrected chi connectivity index (χ1v) is 8.84. The van der Waals surface area contributed by atoms with Crippen LogP contribution < -0.4 is 0 Å². The van der Waals surface area contributed by atoms with Crippen LogP contribution in [0.1, 0.15) is 25.6 Å². The van der Waals surface area contributed by atoms with Crippen molar-refractivity contribution >= 4 is 16.8 Å². The Labute approximate surface area is 157 Å². The van der Waals surface area contributed by atoms with Crippen molar-refractivity contribution in [1.29, 1.82) is 0 Å². The van der Waals surface area contributed by atoms with Gasteiger partial charge >= 0.3 is 0 Å². The summed E-state index contributed by atoms with van der Waals surface area (Å²) in [5.41, 5.74) is 3.86. The van der Waals surface area contributed by atoms with Gasteiger partial charge in [-0.3, -0.25) is 14.8 Å². The Morgan fingerprint density at radius 2 is 1.78 bits per heavy atom. The van der Waals surface area contributed by atoms with Crippen LogP contribution in [0.25, 0.3) is 33.3 Å². The van der Waals surface area contributed by atoms with E-state index in [2.05, 4.69) is 15.1 Å². The summed E-state index contributed by atoms with van der Waals surface area (Å²) < 4.78 is 1.45. The molecule has 0 aliphatic carbocycles. The van der Waals surface area contributed by atoms with Gasteiger partial charge < -0.3 is 0 Å². The van der Waals surface area contributed by atoms with E-state index in [0.717, 1.165) is 33.3 Å². The second-order valence-electron chi connectivity index (χ2n) is 7.51. The van der Waals surface area contributed by atoms with Gasteiger partial charge in [-0.1, -0.05) is 39.0 Å². The molecule has 4 rings (SSSR count). The third-order valence-electron chi connectivity index (χ3n) is 4.44. The van der Waals surface area contributed by atoms with Crippen LogP contribution in [0.15, 0.2) is 67.3 Å². The van der Waals surface area contributed by atoms with Gasteiger partial charge in [0.1, 0.15) is 5.69 Å². The highest BCUT2D eigenvalue weighted by Gasteiger charge is 2.26. The second kappa shape index (κ2) is 6.43. The lowest BCUT2D eigenvalue weighted by molar-refractivity contribution is 0.0749. The van der Waals surface area contributed by atoms with E-state index in [0.29, 0.717) is 0 Å². The van der Waals surface area contributed by atoms with Gasteiger partial charge in [-0.2, -0.15) is 5.10 Å². The minimum Gasteiger partial charge on any atom is -0.272 e. The van der Waals surface area contributed by atoms with Crippen molar-refractivity contribution in [3.05, 3.63) is 67.3 Å². The second-order valence-corrected chi connectivity index (χ2v) is 7.51. The predicted octanol–water partition coefficient (Wildman–Crippen LogP) is 4.85. The Bertz CT molecular complexity index is 1120. The zero-order chi connectivity index (χ0) is 19.0. The first-order chi connectivity index (χ1) is 12.9. The lowest BCUT2D eigenvalue weighted by Crippen LogP contribution is -2.27. The van der Waals surface area contributed by atoms with Gasteiger partial charge in [0.2, 0.25) is 0 Å². The fraction of sp³-hybridized carbons (Fsp3) is 0.182. The molecule has 0 fully saturated rings. The molecule has 0 saturated heterocycles. The molecule has 0 radical (unpaired) electrons. The van der Waals surface area contributed by atoms with Gasteiger partial charge in [0.15, 0.2) is 0 Å². The highest BCUT2D eigenvalue weighted by Crippen LogP contribution is 2.35. The number of aromatic nitrogens is 4. The van der Waals surface area contributed by atoms with Crippen LogP contribution in [0, 0.1) is 5.41 Å². The van der Waals surface area contributed by atoms with Crippen LogP contribution in [0.3, 0.4) is 0 Å². The number of benzene rings is 1. The number of hydrogen-bond donors (Lipinski definition) is 0. The summed E-state index contributed by atoms with van der Waals surface area (Å²) in [6.07, 6.45) is 7.09. The molecule has 4 aromatic rings. The van der Waals surface area contributed by atoms with E-state index in [9.17, 15) is 4.79 Å². The highest BCUT2D eigenvalue weighted by atomic mass is 16.2. The maximum absolute atomic E-state index is 12.8. The summed E-state index contributed by atoms with van der Waals surface area (Å²) >= 11 is 0. The molecule has 0 spiro atoms. The molecule has 0 atom stereocenters. The minimum absolute atomic E-state index is 0.0581. The van der Waals surface area contributed by atoms with Crippen molar-refractivity contribution in [2.75, 3.05) is 0 Å². The zero-order valence-corrected chi connectivity index (χ0v) is 15.5. The molecule has 0 amide bonds. The van der Waals surface area contributed by atoms with Gasteiger partial charge in [0.25, 0.3) is 5.91 Å². The minimum atomic E-state index is -0.532. The number of carbonyl (C=O) groups is 1. The molecule has 0 unspecified atom stereocenters. The van der Waals surface area contributed by atoms with Crippen molar-refractivity contribution < 1.29 is 4.79 Å². The predicted molar refractivity (Wildman–Crippen MR) is 106 cm³/mol. The Morgan fingerprint density at radius 3 is 2.52 bits per heavy atom. The SMILES string of the molecule is CC(C)(C)C(=O)n1cc(-c2ccnc3ccccc23)c(-c2cccnc2)n1. The molecule has 3 heterocycles. The first-order valence-electron chi connectivity index (χ1n) is 8.84. The van der Waals surface area contributed by atoms with E-state index in [1.807, 2.05) is 69.4 Å². The smallest absolute Gasteiger partial charge is 0.252 e. The molecular weight excluding hydrogens is 336 g/mol. The normalized spacial score (nSPS) is 11.7. The Morgan fingerprint density at radius 1 is 0.963 bits per heavy atom. The summed E-state index contributed by atoms with van der Waals surface area (Å²) in [6.45, 7) is 5.67. The van der Waals surface area contributed by atoms with Crippen molar-refractivity contribution in [1.82, 2.24) is 19.7 Å². The van der Waals surface area contributed by atoms with Crippen LogP contribution in [-0.2, 0) is 0 Å². The van der Waals surface area contributed by atoms with Gasteiger partial charge in [-0.15, -0.1) is 0 Å². The summed E-state index contributed by atoms with van der Waals surface area (Å²) in [7, 11) is 0. The first kappa shape index (κ1) is 17.1. The lowest BCUT2D eigenvalue weighted by Gasteiger charge is -2.15. The average molecular weight is 356 g/mol. The molecule has 3 aromatic heterocycles. The van der Waals surface area contributed by atoms with Crippen molar-refractivity contribution in [3.63, 3.8) is 0 Å². The van der Waals surface area contributed by atoms with E-state index >= 15 is 0 Å². The maximum Gasteiger partial charge on any atom is 0.252 e. The summed E-state index contributed by atoms with van der Waals surface area (Å²) in [5.74, 6) is -0.0581. The molecule has 5 nitrogen and oxygen atoms in total. The Kier molecular flexibility index (Phi) is 4.07. The van der Waals surface area contributed by atoms with Crippen molar-refractivity contribution in [3.8, 4) is 22.4 Å². The van der Waals surface area contributed by atoms with Crippen LogP contribution in [-0.4, -0.2) is 25.7 Å². The number of rotatable bonds is 2. The van der Waals surface area contributed by atoms with Gasteiger partial charge in [0.05, 0.1) is 5.52 Å². The Hall–Kier alpha value is -3.34. The number of fused-ring (bicyclic) bond motifs is 1. The van der Waals surface area contributed by atoms with Gasteiger partial charge in [-0.25, -0.2) is 4.68 Å². The molecule has 0 bridgehead atoms. The molecule has 1 aromatic carbocycles. The van der Waals surface area contributed by atoms with E-state index in [-0.39, 0.29) is 5.91 Å². The monoisotopic (exact) mass is 356 g/mol. The quantitative estimate of drug-likeness (QED) is 0.515. The van der Waals surface area contributed by atoms with Crippen molar-refractivity contribution in [2.24, 2.45) is 5.41 Å². The third-order valence-corrected chi connectivity index (χ3v) is 4.44. The number of pyridine rings is 2. The zero-order valence-electron chi connectivity index (χ0n) is 15.5. The van der Waals surface area contributed by atoms with Gasteiger partial charge in [-0.05, 0) is 29.8 Å². The molecule has 0 N–H and O–H groups in total. The molecule has 5 heteroatoms. The van der Waals surface area contributed by atoms with Crippen LogP contribution in [0.4, 0.5) is 0 Å². The number of para-hydroxylation sites is 1. The maximum atomic E-state index is 12.8. The fourth-order valence-corrected chi connectivity index (χ4v) is 3.07. The molecule has 0 aliphatic rings. The summed E-state index contributed by atoms with van der Waals surface area (Å²) in [4.78, 5) is 21.5. The molecule has 0 saturated carbocycles. The van der Waals surface area contributed by atoms with E-state index in [1.54, 1.807) is 18.6 Å². The summed E-state index contributed by atoms with van der Waals surface area (Å²) in [5, 5.41) is 5.66. The van der Waals surface area contributed by atoms with Crippen LogP contribution in [0.2, 0.25) is 0 Å².